The van der Waals surface area contributed by atoms with E-state index in [0.717, 1.165) is 0 Å². The maximum Gasteiger partial charge on any atom is 0.276 e. The summed E-state index contributed by atoms with van der Waals surface area (Å²) in [6.45, 7) is 1.11. The van der Waals surface area contributed by atoms with Crippen LogP contribution in [0.2, 0.25) is 5.02 Å². The molecular formula is C11H12ClN5O. The number of pyridine rings is 1. The Bertz CT molecular complexity index is 554. The standard InChI is InChI=1S/C11H12ClN5O/c12-8-1-3-14-10(5-8)16-11(18)9-6-17(4-2-13)7-15-9/h1,3,5-7H,2,4,13H2,(H,14,16,18). The number of nitrogens with one attached hydrogen (secondary N) is 1. The zero-order valence-corrected chi connectivity index (χ0v) is 10.3. The van der Waals surface area contributed by atoms with Crippen molar-refractivity contribution in [1.82, 2.24) is 14.5 Å². The molecule has 18 heavy (non-hydrogen) atoms. The lowest BCUT2D eigenvalue weighted by Gasteiger charge is -2.02. The lowest BCUT2D eigenvalue weighted by Crippen LogP contribution is -2.13. The number of hydrogen-bond donors (Lipinski definition) is 2. The highest BCUT2D eigenvalue weighted by atomic mass is 35.5. The maximum atomic E-state index is 11.8. The molecule has 0 aliphatic carbocycles. The van der Waals surface area contributed by atoms with Crippen LogP contribution in [0, 0.1) is 0 Å². The van der Waals surface area contributed by atoms with Gasteiger partial charge in [0.05, 0.1) is 6.33 Å². The first kappa shape index (κ1) is 12.5. The van der Waals surface area contributed by atoms with Gasteiger partial charge in [-0.2, -0.15) is 0 Å². The van der Waals surface area contributed by atoms with Gasteiger partial charge >= 0.3 is 0 Å². The third kappa shape index (κ3) is 3.06. The number of carbonyl (C=O) groups is 1. The van der Waals surface area contributed by atoms with Crippen LogP contribution in [0.4, 0.5) is 5.82 Å². The number of amides is 1. The Kier molecular flexibility index (Phi) is 3.91. The highest BCUT2D eigenvalue weighted by Gasteiger charge is 2.10. The highest BCUT2D eigenvalue weighted by molar-refractivity contribution is 6.30. The molecule has 6 nitrogen and oxygen atoms in total. The van der Waals surface area contributed by atoms with Crippen molar-refractivity contribution in [3.05, 3.63) is 41.6 Å². The average molecular weight is 266 g/mol. The second-order valence-corrected chi connectivity index (χ2v) is 4.04. The topological polar surface area (TPSA) is 85.8 Å². The van der Waals surface area contributed by atoms with Gasteiger partial charge in [0.15, 0.2) is 0 Å². The second-order valence-electron chi connectivity index (χ2n) is 3.60. The Morgan fingerprint density at radius 3 is 3.06 bits per heavy atom. The molecule has 3 N–H and O–H groups in total. The predicted octanol–water partition coefficient (Wildman–Crippen LogP) is 1.14. The minimum atomic E-state index is -0.333. The first-order valence-electron chi connectivity index (χ1n) is 5.34. The molecule has 0 saturated carbocycles. The third-order valence-corrected chi connectivity index (χ3v) is 2.45. The van der Waals surface area contributed by atoms with Gasteiger partial charge in [-0.3, -0.25) is 4.79 Å². The summed E-state index contributed by atoms with van der Waals surface area (Å²) in [5, 5.41) is 3.12. The molecule has 2 heterocycles. The van der Waals surface area contributed by atoms with Crippen LogP contribution >= 0.6 is 11.6 Å². The number of nitrogens with two attached hydrogens (primary N) is 1. The molecule has 2 rings (SSSR count). The SMILES string of the molecule is NCCn1cnc(C(=O)Nc2cc(Cl)ccn2)c1. The summed E-state index contributed by atoms with van der Waals surface area (Å²) >= 11 is 5.79. The summed E-state index contributed by atoms with van der Waals surface area (Å²) in [6, 6.07) is 3.20. The maximum absolute atomic E-state index is 11.8. The molecule has 1 amide bonds. The van der Waals surface area contributed by atoms with Crippen molar-refractivity contribution in [1.29, 1.82) is 0 Å². The fourth-order valence-corrected chi connectivity index (χ4v) is 1.56. The molecule has 0 atom stereocenters. The van der Waals surface area contributed by atoms with Crippen molar-refractivity contribution >= 4 is 23.3 Å². The van der Waals surface area contributed by atoms with E-state index < -0.39 is 0 Å². The van der Waals surface area contributed by atoms with E-state index in [4.69, 9.17) is 17.3 Å². The van der Waals surface area contributed by atoms with E-state index >= 15 is 0 Å². The number of aromatic nitrogens is 3. The molecule has 0 aliphatic rings. The monoisotopic (exact) mass is 265 g/mol. The van der Waals surface area contributed by atoms with Crippen molar-refractivity contribution < 1.29 is 4.79 Å². The van der Waals surface area contributed by atoms with E-state index in [-0.39, 0.29) is 5.91 Å². The van der Waals surface area contributed by atoms with E-state index in [9.17, 15) is 4.79 Å². The molecule has 0 saturated heterocycles. The summed E-state index contributed by atoms with van der Waals surface area (Å²) in [7, 11) is 0. The zero-order valence-electron chi connectivity index (χ0n) is 9.51. The fourth-order valence-electron chi connectivity index (χ4n) is 1.40. The summed E-state index contributed by atoms with van der Waals surface area (Å²) in [5.41, 5.74) is 5.72. The van der Waals surface area contributed by atoms with E-state index in [1.54, 1.807) is 29.2 Å². The number of carbonyl (C=O) groups excluding carboxylic acids is 1. The minimum absolute atomic E-state index is 0.310. The lowest BCUT2D eigenvalue weighted by atomic mass is 10.4. The van der Waals surface area contributed by atoms with Gasteiger partial charge in [-0.25, -0.2) is 9.97 Å². The van der Waals surface area contributed by atoms with Crippen LogP contribution in [0.25, 0.3) is 0 Å². The minimum Gasteiger partial charge on any atom is -0.335 e. The van der Waals surface area contributed by atoms with Gasteiger partial charge < -0.3 is 15.6 Å². The second kappa shape index (κ2) is 5.61. The van der Waals surface area contributed by atoms with E-state index in [0.29, 0.717) is 29.6 Å². The fraction of sp³-hybridized carbons (Fsp3) is 0.182. The van der Waals surface area contributed by atoms with E-state index in [1.165, 1.54) is 6.20 Å². The van der Waals surface area contributed by atoms with Crippen LogP contribution in [0.1, 0.15) is 10.5 Å². The molecule has 94 valence electrons. The first-order valence-corrected chi connectivity index (χ1v) is 5.71. The smallest absolute Gasteiger partial charge is 0.276 e. The van der Waals surface area contributed by atoms with Gasteiger partial charge in [-0.15, -0.1) is 0 Å². The molecule has 7 heteroatoms. The third-order valence-electron chi connectivity index (χ3n) is 2.22. The molecule has 2 aromatic heterocycles. The van der Waals surface area contributed by atoms with Crippen molar-refractivity contribution in [3.8, 4) is 0 Å². The number of rotatable bonds is 4. The Hall–Kier alpha value is -1.92. The lowest BCUT2D eigenvalue weighted by molar-refractivity contribution is 0.102. The Morgan fingerprint density at radius 1 is 1.50 bits per heavy atom. The summed E-state index contributed by atoms with van der Waals surface area (Å²) in [6.07, 6.45) is 4.71. The summed E-state index contributed by atoms with van der Waals surface area (Å²) in [5.74, 6) is 0.0569. The van der Waals surface area contributed by atoms with Crippen LogP contribution in [0.3, 0.4) is 0 Å². The Morgan fingerprint density at radius 2 is 2.33 bits per heavy atom. The highest BCUT2D eigenvalue weighted by Crippen LogP contribution is 2.12. The molecule has 0 spiro atoms. The zero-order chi connectivity index (χ0) is 13.0. The van der Waals surface area contributed by atoms with Gasteiger partial charge in [0, 0.05) is 30.5 Å². The quantitative estimate of drug-likeness (QED) is 0.868. The number of nitrogens with zero attached hydrogens (tertiary/aromatic N) is 3. The number of anilines is 1. The number of hydrogen-bond acceptors (Lipinski definition) is 4. The van der Waals surface area contributed by atoms with Crippen LogP contribution in [0.5, 0.6) is 0 Å². The van der Waals surface area contributed by atoms with Crippen LogP contribution < -0.4 is 11.1 Å². The van der Waals surface area contributed by atoms with Crippen LogP contribution in [-0.4, -0.2) is 27.0 Å². The van der Waals surface area contributed by atoms with Crippen LogP contribution in [0.15, 0.2) is 30.9 Å². The molecule has 2 aromatic rings. The molecule has 0 unspecified atom stereocenters. The van der Waals surface area contributed by atoms with Crippen LogP contribution in [-0.2, 0) is 6.54 Å². The predicted molar refractivity (Wildman–Crippen MR) is 68.5 cm³/mol. The molecule has 0 aromatic carbocycles. The van der Waals surface area contributed by atoms with Crippen molar-refractivity contribution in [2.45, 2.75) is 6.54 Å². The molecule has 0 aliphatic heterocycles. The normalized spacial score (nSPS) is 10.3. The number of halogens is 1. The van der Waals surface area contributed by atoms with Crippen molar-refractivity contribution in [2.24, 2.45) is 5.73 Å². The van der Waals surface area contributed by atoms with E-state index in [1.807, 2.05) is 0 Å². The Balaban J connectivity index is 2.07. The molecule has 0 radical (unpaired) electrons. The molecular weight excluding hydrogens is 254 g/mol. The average Bonchev–Trinajstić information content (AvgIpc) is 2.78. The number of imidazole rings is 1. The van der Waals surface area contributed by atoms with Gasteiger partial charge in [0.2, 0.25) is 0 Å². The van der Waals surface area contributed by atoms with E-state index in [2.05, 4.69) is 15.3 Å². The molecule has 0 fully saturated rings. The summed E-state index contributed by atoms with van der Waals surface area (Å²) < 4.78 is 1.75. The van der Waals surface area contributed by atoms with Gasteiger partial charge in [0.1, 0.15) is 11.5 Å². The largest absolute Gasteiger partial charge is 0.335 e. The summed E-state index contributed by atoms with van der Waals surface area (Å²) in [4.78, 5) is 19.8. The van der Waals surface area contributed by atoms with Gasteiger partial charge in [-0.1, -0.05) is 11.6 Å². The van der Waals surface area contributed by atoms with Crippen molar-refractivity contribution in [2.75, 3.05) is 11.9 Å². The van der Waals surface area contributed by atoms with Crippen molar-refractivity contribution in [3.63, 3.8) is 0 Å². The Labute approximate surface area is 109 Å². The first-order chi connectivity index (χ1) is 8.69. The van der Waals surface area contributed by atoms with Gasteiger partial charge in [-0.05, 0) is 12.1 Å². The van der Waals surface area contributed by atoms with Gasteiger partial charge in [0.25, 0.3) is 5.91 Å². The molecule has 0 bridgehead atoms.